The molecule has 0 fully saturated rings. The molecule has 1 aliphatic rings. The molecule has 0 aliphatic carbocycles. The summed E-state index contributed by atoms with van der Waals surface area (Å²) in [5.41, 5.74) is 0.855. The number of unbranched alkanes of at least 4 members (excludes halogenated alkanes) is 1. The van der Waals surface area contributed by atoms with Crippen LogP contribution < -0.4 is 14.8 Å². The summed E-state index contributed by atoms with van der Waals surface area (Å²) in [6.45, 7) is 6.36. The van der Waals surface area contributed by atoms with Crippen molar-refractivity contribution in [3.8, 4) is 17.2 Å². The molecule has 0 radical (unpaired) electrons. The van der Waals surface area contributed by atoms with E-state index in [1.54, 1.807) is 6.07 Å². The van der Waals surface area contributed by atoms with Crippen LogP contribution in [-0.2, 0) is 6.54 Å². The Bertz CT molecular complexity index is 418. The number of hydrogen-bond acceptors (Lipinski definition) is 4. The maximum Gasteiger partial charge on any atom is 0.231 e. The first-order chi connectivity index (χ1) is 9.16. The van der Waals surface area contributed by atoms with E-state index in [1.165, 1.54) is 19.3 Å². The van der Waals surface area contributed by atoms with Crippen molar-refractivity contribution in [2.45, 2.75) is 39.7 Å². The van der Waals surface area contributed by atoms with Crippen LogP contribution in [0.4, 0.5) is 0 Å². The number of aromatic hydroxyl groups is 1. The fourth-order valence-corrected chi connectivity index (χ4v) is 2.14. The highest BCUT2D eigenvalue weighted by molar-refractivity contribution is 5.51. The Hall–Kier alpha value is -1.42. The van der Waals surface area contributed by atoms with Crippen molar-refractivity contribution in [3.05, 3.63) is 17.7 Å². The molecule has 0 saturated carbocycles. The van der Waals surface area contributed by atoms with E-state index in [1.807, 2.05) is 6.07 Å². The molecule has 0 bridgehead atoms. The lowest BCUT2D eigenvalue weighted by atomic mass is 10.1. The highest BCUT2D eigenvalue weighted by Crippen LogP contribution is 2.37. The Morgan fingerprint density at radius 2 is 1.95 bits per heavy atom. The maximum atomic E-state index is 9.87. The van der Waals surface area contributed by atoms with E-state index in [2.05, 4.69) is 19.2 Å². The zero-order chi connectivity index (χ0) is 13.7. The number of fused-ring (bicyclic) bond motifs is 1. The predicted molar refractivity (Wildman–Crippen MR) is 74.6 cm³/mol. The van der Waals surface area contributed by atoms with Gasteiger partial charge < -0.3 is 19.9 Å². The summed E-state index contributed by atoms with van der Waals surface area (Å²) in [5, 5.41) is 13.2. The molecule has 0 amide bonds. The van der Waals surface area contributed by atoms with Crippen LogP contribution in [-0.4, -0.2) is 18.4 Å². The van der Waals surface area contributed by atoms with Gasteiger partial charge in [0, 0.05) is 18.2 Å². The van der Waals surface area contributed by atoms with Crippen LogP contribution in [0, 0.1) is 5.92 Å². The Balaban J connectivity index is 1.74. The highest BCUT2D eigenvalue weighted by atomic mass is 16.7. The van der Waals surface area contributed by atoms with Gasteiger partial charge in [-0.2, -0.15) is 0 Å². The van der Waals surface area contributed by atoms with Crippen molar-refractivity contribution in [1.29, 1.82) is 0 Å². The number of phenols is 1. The molecule has 1 aromatic carbocycles. The molecule has 4 heteroatoms. The fourth-order valence-electron chi connectivity index (χ4n) is 2.14. The van der Waals surface area contributed by atoms with Gasteiger partial charge in [0.25, 0.3) is 0 Å². The monoisotopic (exact) mass is 265 g/mol. The van der Waals surface area contributed by atoms with Crippen molar-refractivity contribution >= 4 is 0 Å². The van der Waals surface area contributed by atoms with E-state index in [0.717, 1.165) is 23.8 Å². The second-order valence-corrected chi connectivity index (χ2v) is 5.40. The first kappa shape index (κ1) is 14.0. The highest BCUT2D eigenvalue weighted by Gasteiger charge is 2.16. The molecule has 1 aromatic rings. The van der Waals surface area contributed by atoms with Crippen LogP contribution in [0.1, 0.15) is 38.7 Å². The number of phenolic OH excluding ortho intramolecular Hbond substituents is 1. The standard InChI is InChI=1S/C15H23NO3/c1-11(2)5-3-4-6-16-9-12-7-14-15(8-13(12)17)19-10-18-14/h7-8,11,16-17H,3-6,9-10H2,1-2H3. The van der Waals surface area contributed by atoms with E-state index in [-0.39, 0.29) is 12.5 Å². The second-order valence-electron chi connectivity index (χ2n) is 5.40. The van der Waals surface area contributed by atoms with Crippen molar-refractivity contribution in [2.24, 2.45) is 5.92 Å². The molecule has 0 aromatic heterocycles. The Kier molecular flexibility index (Phi) is 4.91. The molecule has 19 heavy (non-hydrogen) atoms. The Morgan fingerprint density at radius 1 is 1.21 bits per heavy atom. The van der Waals surface area contributed by atoms with E-state index in [9.17, 15) is 5.11 Å². The minimum Gasteiger partial charge on any atom is -0.507 e. The number of ether oxygens (including phenoxy) is 2. The molecule has 0 atom stereocenters. The van der Waals surface area contributed by atoms with Gasteiger partial charge >= 0.3 is 0 Å². The summed E-state index contributed by atoms with van der Waals surface area (Å²) in [7, 11) is 0. The third kappa shape index (κ3) is 4.03. The van der Waals surface area contributed by atoms with Gasteiger partial charge in [0.05, 0.1) is 0 Å². The van der Waals surface area contributed by atoms with E-state index in [0.29, 0.717) is 12.3 Å². The normalized spacial score (nSPS) is 13.2. The molecule has 2 rings (SSSR count). The summed E-state index contributed by atoms with van der Waals surface area (Å²) in [4.78, 5) is 0. The van der Waals surface area contributed by atoms with Gasteiger partial charge in [-0.3, -0.25) is 0 Å². The van der Waals surface area contributed by atoms with Crippen molar-refractivity contribution in [3.63, 3.8) is 0 Å². The van der Waals surface area contributed by atoms with E-state index < -0.39 is 0 Å². The first-order valence-corrected chi connectivity index (χ1v) is 6.99. The van der Waals surface area contributed by atoms with Crippen molar-refractivity contribution < 1.29 is 14.6 Å². The predicted octanol–water partition coefficient (Wildman–Crippen LogP) is 3.04. The van der Waals surface area contributed by atoms with E-state index in [4.69, 9.17) is 9.47 Å². The third-order valence-electron chi connectivity index (χ3n) is 3.27. The van der Waals surface area contributed by atoms with Crippen LogP contribution in [0.25, 0.3) is 0 Å². The van der Waals surface area contributed by atoms with Gasteiger partial charge in [0.2, 0.25) is 6.79 Å². The van der Waals surface area contributed by atoms with Crippen molar-refractivity contribution in [2.75, 3.05) is 13.3 Å². The summed E-state index contributed by atoms with van der Waals surface area (Å²) in [6, 6.07) is 3.47. The molecular formula is C15H23NO3. The van der Waals surface area contributed by atoms with Crippen LogP contribution in [0.5, 0.6) is 17.2 Å². The molecule has 0 saturated heterocycles. The molecule has 1 aliphatic heterocycles. The number of nitrogens with one attached hydrogen (secondary N) is 1. The second kappa shape index (κ2) is 6.66. The van der Waals surface area contributed by atoms with Gasteiger partial charge in [0.15, 0.2) is 11.5 Å². The van der Waals surface area contributed by atoms with Gasteiger partial charge in [-0.1, -0.05) is 26.7 Å². The molecule has 106 valence electrons. The Labute approximate surface area is 114 Å². The van der Waals surface area contributed by atoms with Crippen molar-refractivity contribution in [1.82, 2.24) is 5.32 Å². The molecule has 2 N–H and O–H groups in total. The lowest BCUT2D eigenvalue weighted by molar-refractivity contribution is 0.174. The van der Waals surface area contributed by atoms with Gasteiger partial charge in [-0.05, 0) is 24.9 Å². The topological polar surface area (TPSA) is 50.7 Å². The zero-order valence-electron chi connectivity index (χ0n) is 11.7. The van der Waals surface area contributed by atoms with Crippen LogP contribution in [0.15, 0.2) is 12.1 Å². The van der Waals surface area contributed by atoms with Crippen LogP contribution in [0.2, 0.25) is 0 Å². The SMILES string of the molecule is CC(C)CCCCNCc1cc2c(cc1O)OCO2. The molecule has 1 heterocycles. The molecular weight excluding hydrogens is 242 g/mol. The third-order valence-corrected chi connectivity index (χ3v) is 3.27. The summed E-state index contributed by atoms with van der Waals surface area (Å²) >= 11 is 0. The quantitative estimate of drug-likeness (QED) is 0.744. The number of benzene rings is 1. The average molecular weight is 265 g/mol. The molecule has 4 nitrogen and oxygen atoms in total. The number of rotatable bonds is 7. The molecule has 0 spiro atoms. The fraction of sp³-hybridized carbons (Fsp3) is 0.600. The molecule has 0 unspecified atom stereocenters. The minimum atomic E-state index is 0.237. The maximum absolute atomic E-state index is 9.87. The lowest BCUT2D eigenvalue weighted by Gasteiger charge is -2.08. The average Bonchev–Trinajstić information content (AvgIpc) is 2.80. The van der Waals surface area contributed by atoms with E-state index >= 15 is 0 Å². The zero-order valence-corrected chi connectivity index (χ0v) is 11.7. The summed E-state index contributed by atoms with van der Waals surface area (Å²) < 4.78 is 10.5. The first-order valence-electron chi connectivity index (χ1n) is 6.99. The number of hydrogen-bond donors (Lipinski definition) is 2. The summed E-state index contributed by atoms with van der Waals surface area (Å²) in [5.74, 6) is 2.38. The van der Waals surface area contributed by atoms with Crippen LogP contribution in [0.3, 0.4) is 0 Å². The summed E-state index contributed by atoms with van der Waals surface area (Å²) in [6.07, 6.45) is 3.69. The minimum absolute atomic E-state index is 0.237. The van der Waals surface area contributed by atoms with Gasteiger partial charge in [-0.15, -0.1) is 0 Å². The van der Waals surface area contributed by atoms with Gasteiger partial charge in [0.1, 0.15) is 5.75 Å². The van der Waals surface area contributed by atoms with Gasteiger partial charge in [-0.25, -0.2) is 0 Å². The lowest BCUT2D eigenvalue weighted by Crippen LogP contribution is -2.14. The largest absolute Gasteiger partial charge is 0.507 e. The smallest absolute Gasteiger partial charge is 0.231 e. The van der Waals surface area contributed by atoms with Crippen LogP contribution >= 0.6 is 0 Å². The Morgan fingerprint density at radius 3 is 2.68 bits per heavy atom.